The average Bonchev–Trinajstić information content (AvgIpc) is 3.11. The zero-order chi connectivity index (χ0) is 23.0. The summed E-state index contributed by atoms with van der Waals surface area (Å²) in [6.07, 6.45) is 3.75. The van der Waals surface area contributed by atoms with Crippen LogP contribution < -0.4 is 5.43 Å². The van der Waals surface area contributed by atoms with E-state index in [0.29, 0.717) is 5.56 Å². The Morgan fingerprint density at radius 2 is 1.72 bits per heavy atom. The van der Waals surface area contributed by atoms with Crippen LogP contribution in [0.25, 0.3) is 22.3 Å². The van der Waals surface area contributed by atoms with Gasteiger partial charge in [-0.3, -0.25) is 14.9 Å². The minimum absolute atomic E-state index is 0.0890. The third-order valence-electron chi connectivity index (χ3n) is 4.71. The first-order valence-corrected chi connectivity index (χ1v) is 10.7. The zero-order valence-electron chi connectivity index (χ0n) is 17.0. The van der Waals surface area contributed by atoms with E-state index in [1.54, 1.807) is 6.07 Å². The summed E-state index contributed by atoms with van der Waals surface area (Å²) in [6, 6.07) is 9.34. The molecule has 0 aliphatic rings. The first-order valence-electron chi connectivity index (χ1n) is 9.29. The van der Waals surface area contributed by atoms with Crippen molar-refractivity contribution in [1.82, 2.24) is 18.9 Å². The summed E-state index contributed by atoms with van der Waals surface area (Å²) in [5.41, 5.74) is 3.38. The Hall–Kier alpha value is -3.70. The number of hydrogen-bond acceptors (Lipinski definition) is 5. The third kappa shape index (κ3) is 3.95. The van der Waals surface area contributed by atoms with E-state index in [9.17, 15) is 22.0 Å². The maximum Gasteiger partial charge on any atom is 0.273 e. The van der Waals surface area contributed by atoms with Gasteiger partial charge >= 0.3 is 0 Å². The molecular weight excluding hydrogens is 440 g/mol. The Bertz CT molecular complexity index is 1430. The molecule has 0 saturated carbocycles. The number of rotatable bonds is 5. The number of fused-ring (bicyclic) bond motifs is 1. The van der Waals surface area contributed by atoms with E-state index in [0.717, 1.165) is 16.4 Å². The molecule has 1 amide bonds. The molecule has 1 N–H and O–H groups in total. The van der Waals surface area contributed by atoms with Gasteiger partial charge in [0.05, 0.1) is 11.1 Å². The standard InChI is InChI=1S/C21H17F2N5O3S/c1-27(2)32(30,31)19-12-28(18-7-6-16(23)9-17(18)19)26-21(29)14-10-24-20(25-11-14)13-4-3-5-15(22)8-13/h3-12H,1-2H3,(H,26,29). The second-order valence-corrected chi connectivity index (χ2v) is 9.18. The Balaban J connectivity index is 1.67. The van der Waals surface area contributed by atoms with E-state index in [-0.39, 0.29) is 27.2 Å². The van der Waals surface area contributed by atoms with Crippen LogP contribution in [0.4, 0.5) is 8.78 Å². The fraction of sp³-hybridized carbons (Fsp3) is 0.0952. The molecule has 4 rings (SSSR count). The molecule has 2 heterocycles. The lowest BCUT2D eigenvalue weighted by Crippen LogP contribution is -2.24. The molecule has 11 heteroatoms. The van der Waals surface area contributed by atoms with E-state index in [4.69, 9.17) is 0 Å². The largest absolute Gasteiger partial charge is 0.273 e. The van der Waals surface area contributed by atoms with Crippen LogP contribution in [0.15, 0.2) is 66.0 Å². The minimum Gasteiger partial charge on any atom is -0.267 e. The van der Waals surface area contributed by atoms with Crippen LogP contribution >= 0.6 is 0 Å². The first kappa shape index (κ1) is 21.5. The second kappa shape index (κ2) is 8.09. The van der Waals surface area contributed by atoms with Crippen LogP contribution in [0.2, 0.25) is 0 Å². The van der Waals surface area contributed by atoms with Gasteiger partial charge in [0.15, 0.2) is 5.82 Å². The number of nitrogens with one attached hydrogen (secondary N) is 1. The SMILES string of the molecule is CN(C)S(=O)(=O)c1cn(NC(=O)c2cnc(-c3cccc(F)c3)nc2)c2ccc(F)cc12. The van der Waals surface area contributed by atoms with Gasteiger partial charge in [0.2, 0.25) is 10.0 Å². The lowest BCUT2D eigenvalue weighted by Gasteiger charge is -2.10. The van der Waals surface area contributed by atoms with Crippen molar-refractivity contribution >= 4 is 26.8 Å². The fourth-order valence-corrected chi connectivity index (χ4v) is 4.14. The van der Waals surface area contributed by atoms with Crippen LogP contribution in [0.5, 0.6) is 0 Å². The maximum atomic E-state index is 13.8. The number of amides is 1. The lowest BCUT2D eigenvalue weighted by atomic mass is 10.2. The summed E-state index contributed by atoms with van der Waals surface area (Å²) in [6.45, 7) is 0. The molecule has 0 spiro atoms. The molecule has 8 nitrogen and oxygen atoms in total. The highest BCUT2D eigenvalue weighted by molar-refractivity contribution is 7.89. The molecule has 2 aromatic carbocycles. The molecule has 2 aromatic heterocycles. The smallest absolute Gasteiger partial charge is 0.267 e. The number of sulfonamides is 1. The van der Waals surface area contributed by atoms with Crippen molar-refractivity contribution < 1.29 is 22.0 Å². The Morgan fingerprint density at radius 1 is 1.03 bits per heavy atom. The third-order valence-corrected chi connectivity index (χ3v) is 6.55. The van der Waals surface area contributed by atoms with Gasteiger partial charge in [-0.05, 0) is 30.3 Å². The van der Waals surface area contributed by atoms with Crippen molar-refractivity contribution in [3.8, 4) is 11.4 Å². The van der Waals surface area contributed by atoms with Crippen molar-refractivity contribution in [3.05, 3.63) is 78.3 Å². The van der Waals surface area contributed by atoms with Crippen molar-refractivity contribution in [3.63, 3.8) is 0 Å². The number of halogens is 2. The van der Waals surface area contributed by atoms with Gasteiger partial charge in [-0.25, -0.2) is 31.5 Å². The summed E-state index contributed by atoms with van der Waals surface area (Å²) < 4.78 is 54.7. The number of carbonyl (C=O) groups is 1. The molecule has 0 unspecified atom stereocenters. The zero-order valence-corrected chi connectivity index (χ0v) is 17.8. The highest BCUT2D eigenvalue weighted by atomic mass is 32.2. The summed E-state index contributed by atoms with van der Waals surface area (Å²) in [7, 11) is -1.19. The van der Waals surface area contributed by atoms with Gasteiger partial charge in [-0.2, -0.15) is 0 Å². The molecule has 0 fully saturated rings. The molecule has 32 heavy (non-hydrogen) atoms. The topological polar surface area (TPSA) is 97.2 Å². The van der Waals surface area contributed by atoms with Crippen LogP contribution in [-0.4, -0.2) is 47.4 Å². The van der Waals surface area contributed by atoms with E-state index in [1.807, 2.05) is 0 Å². The molecule has 0 atom stereocenters. The van der Waals surface area contributed by atoms with E-state index in [1.165, 1.54) is 61.6 Å². The highest BCUT2D eigenvalue weighted by Gasteiger charge is 2.24. The van der Waals surface area contributed by atoms with Gasteiger partial charge in [0.25, 0.3) is 5.91 Å². The predicted octanol–water partition coefficient (Wildman–Crippen LogP) is 3.01. The molecular formula is C21H17F2N5O3S. The van der Waals surface area contributed by atoms with E-state index >= 15 is 0 Å². The number of hydrogen-bond donors (Lipinski definition) is 1. The first-order chi connectivity index (χ1) is 15.2. The van der Waals surface area contributed by atoms with Gasteiger partial charge < -0.3 is 0 Å². The Kier molecular flexibility index (Phi) is 5.45. The van der Waals surface area contributed by atoms with Crippen LogP contribution in [0, 0.1) is 11.6 Å². The van der Waals surface area contributed by atoms with Crippen LogP contribution in [0.3, 0.4) is 0 Å². The number of carbonyl (C=O) groups excluding carboxylic acids is 1. The predicted molar refractivity (Wildman–Crippen MR) is 114 cm³/mol. The van der Waals surface area contributed by atoms with Crippen molar-refractivity contribution in [2.75, 3.05) is 19.5 Å². The lowest BCUT2D eigenvalue weighted by molar-refractivity contribution is 0.101. The summed E-state index contributed by atoms with van der Waals surface area (Å²) in [4.78, 5) is 20.7. The highest BCUT2D eigenvalue weighted by Crippen LogP contribution is 2.27. The molecule has 0 saturated heterocycles. The van der Waals surface area contributed by atoms with Gasteiger partial charge in [-0.1, -0.05) is 12.1 Å². The maximum absolute atomic E-state index is 13.8. The second-order valence-electron chi connectivity index (χ2n) is 7.06. The van der Waals surface area contributed by atoms with Crippen LogP contribution in [0.1, 0.15) is 10.4 Å². The van der Waals surface area contributed by atoms with E-state index < -0.39 is 27.6 Å². The number of nitrogens with zero attached hydrogens (tertiary/aromatic N) is 4. The molecule has 164 valence electrons. The molecule has 0 aliphatic carbocycles. The Labute approximate surface area is 182 Å². The van der Waals surface area contributed by atoms with E-state index in [2.05, 4.69) is 15.4 Å². The average molecular weight is 457 g/mol. The summed E-state index contributed by atoms with van der Waals surface area (Å²) >= 11 is 0. The Morgan fingerprint density at radius 3 is 2.38 bits per heavy atom. The molecule has 0 radical (unpaired) electrons. The molecule has 4 aromatic rings. The minimum atomic E-state index is -3.90. The fourth-order valence-electron chi connectivity index (χ4n) is 3.06. The van der Waals surface area contributed by atoms with Crippen molar-refractivity contribution in [2.24, 2.45) is 0 Å². The number of benzene rings is 2. The molecule has 0 aliphatic heterocycles. The normalized spacial score (nSPS) is 11.8. The van der Waals surface area contributed by atoms with Gasteiger partial charge in [0, 0.05) is 43.6 Å². The summed E-state index contributed by atoms with van der Waals surface area (Å²) in [5.74, 6) is -1.43. The number of aromatic nitrogens is 3. The monoisotopic (exact) mass is 457 g/mol. The van der Waals surface area contributed by atoms with Crippen molar-refractivity contribution in [2.45, 2.75) is 4.90 Å². The van der Waals surface area contributed by atoms with Gasteiger partial charge in [0.1, 0.15) is 16.5 Å². The van der Waals surface area contributed by atoms with Gasteiger partial charge in [-0.15, -0.1) is 0 Å². The van der Waals surface area contributed by atoms with Crippen LogP contribution in [-0.2, 0) is 10.0 Å². The molecule has 0 bridgehead atoms. The quantitative estimate of drug-likeness (QED) is 0.497. The summed E-state index contributed by atoms with van der Waals surface area (Å²) in [5, 5.41) is 0.122. The van der Waals surface area contributed by atoms with Crippen molar-refractivity contribution in [1.29, 1.82) is 0 Å².